The van der Waals surface area contributed by atoms with E-state index in [1.165, 1.54) is 51.3 Å². The van der Waals surface area contributed by atoms with Crippen LogP contribution in [0, 0.1) is 23.2 Å². The van der Waals surface area contributed by atoms with E-state index in [1.807, 2.05) is 64.8 Å². The summed E-state index contributed by atoms with van der Waals surface area (Å²) in [4.78, 5) is 37.6. The summed E-state index contributed by atoms with van der Waals surface area (Å²) in [5, 5.41) is 13.0. The highest BCUT2D eigenvalue weighted by molar-refractivity contribution is 6.07. The van der Waals surface area contributed by atoms with Gasteiger partial charge in [-0.1, -0.05) is 24.3 Å². The molecule has 10 rings (SSSR count). The Bertz CT molecular complexity index is 2200. The molecule has 55 heavy (non-hydrogen) atoms. The van der Waals surface area contributed by atoms with E-state index in [1.54, 1.807) is 7.11 Å². The lowest BCUT2D eigenvalue weighted by atomic mass is 9.48. The summed E-state index contributed by atoms with van der Waals surface area (Å²) in [6.07, 6.45) is 14.9. The van der Waals surface area contributed by atoms with Crippen LogP contribution in [-0.2, 0) is 11.8 Å². The first-order valence-corrected chi connectivity index (χ1v) is 20.3. The number of nitrogens with one attached hydrogen (secondary N) is 2. The Labute approximate surface area is 322 Å². The average molecular weight is 744 g/mol. The van der Waals surface area contributed by atoms with Crippen molar-refractivity contribution in [2.24, 2.45) is 30.2 Å². The van der Waals surface area contributed by atoms with E-state index in [-0.39, 0.29) is 17.9 Å². The largest absolute Gasteiger partial charge is 0.495 e. The molecule has 1 saturated heterocycles. The summed E-state index contributed by atoms with van der Waals surface area (Å²) < 4.78 is 9.67. The standard InChI is InChI=1S/C43H53N9O3/c1-50-34-7-4-3-6-30(34)21-35(50)42(54)48-33-10-9-31(22-36(33)55-2)39-38-40(44)46-26-47-41(38)52(49-39)32-11-15-51(16-12-32)17-14-45-37(53)8-5-13-43-23-27-18-28(24-43)20-29(19-27)25-43/h3-4,6-7,9-10,21-22,26-29,32H,5,8,11-20,23-25H2,1-2H3,(H,45,53)(H,48,54)(H2,44,46,47). The zero-order chi connectivity index (χ0) is 37.7. The molecule has 0 radical (unpaired) electrons. The van der Waals surface area contributed by atoms with Crippen molar-refractivity contribution in [2.75, 3.05) is 44.3 Å². The molecular weight excluding hydrogens is 691 g/mol. The number of aryl methyl sites for hydroxylation is 1. The molecule has 5 aromatic rings. The number of hydrogen-bond acceptors (Lipinski definition) is 8. The van der Waals surface area contributed by atoms with E-state index in [0.717, 1.165) is 73.1 Å². The number of piperidine rings is 1. The van der Waals surface area contributed by atoms with Gasteiger partial charge in [-0.15, -0.1) is 0 Å². The average Bonchev–Trinajstić information content (AvgIpc) is 3.74. The van der Waals surface area contributed by atoms with Crippen molar-refractivity contribution in [3.05, 3.63) is 60.6 Å². The van der Waals surface area contributed by atoms with Gasteiger partial charge in [0, 0.05) is 56.1 Å². The molecule has 4 N–H and O–H groups in total. The number of fused-ring (bicyclic) bond motifs is 2. The van der Waals surface area contributed by atoms with Crippen molar-refractivity contribution in [2.45, 2.75) is 76.7 Å². The van der Waals surface area contributed by atoms with Gasteiger partial charge in [0.05, 0.1) is 24.2 Å². The van der Waals surface area contributed by atoms with Crippen LogP contribution in [0.1, 0.15) is 87.2 Å². The van der Waals surface area contributed by atoms with Crippen LogP contribution >= 0.6 is 0 Å². The Kier molecular flexibility index (Phi) is 9.48. The van der Waals surface area contributed by atoms with Crippen LogP contribution in [0.25, 0.3) is 33.2 Å². The first kappa shape index (κ1) is 35.7. The Hall–Kier alpha value is -4.97. The third-order valence-corrected chi connectivity index (χ3v) is 13.4. The number of anilines is 2. The number of aromatic nitrogens is 5. The van der Waals surface area contributed by atoms with Crippen LogP contribution in [0.3, 0.4) is 0 Å². The SMILES string of the molecule is COc1cc(-c2nn(C3CCN(CCNC(=O)CCCC45CC6CC(CC(C6)C4)C5)CC3)c3ncnc(N)c23)ccc1NC(=O)c1cc2ccccc2n1C. The highest BCUT2D eigenvalue weighted by Crippen LogP contribution is 2.61. The maximum atomic E-state index is 13.4. The number of rotatable bonds is 12. The van der Waals surface area contributed by atoms with Gasteiger partial charge >= 0.3 is 0 Å². The molecule has 288 valence electrons. The lowest BCUT2D eigenvalue weighted by molar-refractivity contribution is -0.121. The molecule has 1 aliphatic heterocycles. The van der Waals surface area contributed by atoms with Crippen LogP contribution in [-0.4, -0.2) is 74.3 Å². The lowest BCUT2D eigenvalue weighted by Gasteiger charge is -2.57. The third-order valence-electron chi connectivity index (χ3n) is 13.4. The predicted molar refractivity (Wildman–Crippen MR) is 215 cm³/mol. The summed E-state index contributed by atoms with van der Waals surface area (Å²) in [5.74, 6) is 3.75. The number of ether oxygens (including phenoxy) is 1. The van der Waals surface area contributed by atoms with Crippen molar-refractivity contribution in [1.29, 1.82) is 0 Å². The Balaban J connectivity index is 0.813. The number of carbonyl (C=O) groups excluding carboxylic acids is 2. The van der Waals surface area contributed by atoms with E-state index in [0.29, 0.717) is 58.1 Å². The summed E-state index contributed by atoms with van der Waals surface area (Å²) in [6, 6.07) is 15.6. The van der Waals surface area contributed by atoms with Gasteiger partial charge < -0.3 is 30.6 Å². The maximum Gasteiger partial charge on any atom is 0.272 e. The van der Waals surface area contributed by atoms with Crippen LogP contribution in [0.5, 0.6) is 5.75 Å². The van der Waals surface area contributed by atoms with E-state index in [2.05, 4.69) is 25.5 Å². The van der Waals surface area contributed by atoms with Gasteiger partial charge in [-0.2, -0.15) is 5.10 Å². The van der Waals surface area contributed by atoms with E-state index in [9.17, 15) is 9.59 Å². The van der Waals surface area contributed by atoms with E-state index < -0.39 is 0 Å². The highest BCUT2D eigenvalue weighted by Gasteiger charge is 2.50. The van der Waals surface area contributed by atoms with Gasteiger partial charge in [0.25, 0.3) is 5.91 Å². The third kappa shape index (κ3) is 6.94. The minimum Gasteiger partial charge on any atom is -0.495 e. The summed E-state index contributed by atoms with van der Waals surface area (Å²) in [6.45, 7) is 3.34. The molecule has 3 aromatic heterocycles. The molecule has 12 heteroatoms. The van der Waals surface area contributed by atoms with Gasteiger partial charge in [0.2, 0.25) is 5.91 Å². The molecule has 0 atom stereocenters. The zero-order valence-electron chi connectivity index (χ0n) is 32.1. The molecule has 0 spiro atoms. The number of para-hydroxylation sites is 1. The minimum absolute atomic E-state index is 0.141. The number of benzene rings is 2. The van der Waals surface area contributed by atoms with Gasteiger partial charge in [-0.25, -0.2) is 14.6 Å². The van der Waals surface area contributed by atoms with Gasteiger partial charge in [-0.05, 0) is 112 Å². The predicted octanol–water partition coefficient (Wildman–Crippen LogP) is 6.97. The number of likely N-dealkylation sites (tertiary alicyclic amines) is 1. The highest BCUT2D eigenvalue weighted by atomic mass is 16.5. The molecule has 5 aliphatic rings. The molecule has 4 heterocycles. The first-order valence-electron chi connectivity index (χ1n) is 20.3. The topological polar surface area (TPSA) is 145 Å². The molecule has 0 unspecified atom stereocenters. The second-order valence-corrected chi connectivity index (χ2v) is 17.0. The number of nitrogens with two attached hydrogens (primary N) is 1. The van der Waals surface area contributed by atoms with Crippen LogP contribution < -0.4 is 21.1 Å². The minimum atomic E-state index is -0.228. The fourth-order valence-electron chi connectivity index (χ4n) is 11.1. The van der Waals surface area contributed by atoms with Gasteiger partial charge in [0.1, 0.15) is 29.3 Å². The molecule has 5 fully saturated rings. The van der Waals surface area contributed by atoms with Crippen molar-refractivity contribution < 1.29 is 14.3 Å². The van der Waals surface area contributed by atoms with Gasteiger partial charge in [0.15, 0.2) is 5.65 Å². The van der Waals surface area contributed by atoms with Crippen molar-refractivity contribution in [3.63, 3.8) is 0 Å². The van der Waals surface area contributed by atoms with E-state index in [4.69, 9.17) is 15.6 Å². The molecule has 12 nitrogen and oxygen atoms in total. The Morgan fingerprint density at radius 2 is 1.73 bits per heavy atom. The fraction of sp³-hybridized carbons (Fsp3) is 0.512. The number of methoxy groups -OCH3 is 1. The van der Waals surface area contributed by atoms with E-state index >= 15 is 0 Å². The van der Waals surface area contributed by atoms with Crippen LogP contribution in [0.2, 0.25) is 0 Å². The number of nitrogens with zero attached hydrogens (tertiary/aromatic N) is 6. The molecule has 4 bridgehead atoms. The number of hydrogen-bond donors (Lipinski definition) is 3. The summed E-state index contributed by atoms with van der Waals surface area (Å²) in [5.41, 5.74) is 11.3. The smallest absolute Gasteiger partial charge is 0.272 e. The second-order valence-electron chi connectivity index (χ2n) is 17.0. The summed E-state index contributed by atoms with van der Waals surface area (Å²) >= 11 is 0. The summed E-state index contributed by atoms with van der Waals surface area (Å²) in [7, 11) is 3.47. The molecule has 4 aliphatic carbocycles. The van der Waals surface area contributed by atoms with Crippen molar-refractivity contribution in [1.82, 2.24) is 34.5 Å². The van der Waals surface area contributed by atoms with Crippen LogP contribution in [0.15, 0.2) is 54.9 Å². The Morgan fingerprint density at radius 1 is 0.982 bits per heavy atom. The monoisotopic (exact) mass is 743 g/mol. The fourth-order valence-corrected chi connectivity index (χ4v) is 11.1. The molecular formula is C43H53N9O3. The number of amides is 2. The van der Waals surface area contributed by atoms with Crippen LogP contribution in [0.4, 0.5) is 11.5 Å². The number of nitrogen functional groups attached to an aromatic ring is 1. The Morgan fingerprint density at radius 3 is 2.45 bits per heavy atom. The first-order chi connectivity index (χ1) is 26.8. The maximum absolute atomic E-state index is 13.4. The molecule has 2 aromatic carbocycles. The molecule has 4 saturated carbocycles. The quantitative estimate of drug-likeness (QED) is 0.124. The number of carbonyl (C=O) groups is 2. The second kappa shape index (κ2) is 14.6. The lowest BCUT2D eigenvalue weighted by Crippen LogP contribution is -2.46. The van der Waals surface area contributed by atoms with Crippen molar-refractivity contribution >= 4 is 45.3 Å². The van der Waals surface area contributed by atoms with Gasteiger partial charge in [-0.3, -0.25) is 9.59 Å². The van der Waals surface area contributed by atoms with Crippen molar-refractivity contribution in [3.8, 4) is 17.0 Å². The zero-order valence-corrected chi connectivity index (χ0v) is 32.1. The normalized spacial score (nSPS) is 23.8. The molecule has 2 amide bonds.